The number of aliphatic hydroxyl groups excluding tert-OH is 7. The Bertz CT molecular complexity index is 2100. The quantitative estimate of drug-likeness (QED) is 0.0889. The number of carbonyl (C=O) groups is 3. The van der Waals surface area contributed by atoms with Crippen LogP contribution in [0.2, 0.25) is 0 Å². The van der Waals surface area contributed by atoms with Gasteiger partial charge in [-0.05, 0) is 105 Å². The number of phenolic OH excluding ortho intramolecular Hbond substituents is 1. The maximum atomic E-state index is 14.3. The van der Waals surface area contributed by atoms with Gasteiger partial charge in [0.15, 0.2) is 31.1 Å². The van der Waals surface area contributed by atoms with Gasteiger partial charge in [-0.25, -0.2) is 4.79 Å². The Morgan fingerprint density at radius 1 is 0.778 bits per heavy atom. The van der Waals surface area contributed by atoms with Crippen molar-refractivity contribution >= 4 is 17.7 Å². The summed E-state index contributed by atoms with van der Waals surface area (Å²) in [6.07, 6.45) is -13.7. The van der Waals surface area contributed by atoms with Crippen molar-refractivity contribution in [3.63, 3.8) is 0 Å². The first-order valence-corrected chi connectivity index (χ1v) is 25.7. The molecule has 3 aliphatic heterocycles. The lowest BCUT2D eigenvalue weighted by molar-refractivity contribution is -0.345. The molecule has 20 heteroatoms. The van der Waals surface area contributed by atoms with Crippen LogP contribution in [0.5, 0.6) is 5.75 Å². The van der Waals surface area contributed by atoms with Gasteiger partial charge in [0.05, 0.1) is 37.6 Å². The molecule has 0 radical (unpaired) electrons. The van der Waals surface area contributed by atoms with E-state index in [2.05, 4.69) is 13.0 Å². The van der Waals surface area contributed by atoms with Crippen LogP contribution in [0.25, 0.3) is 0 Å². The van der Waals surface area contributed by atoms with E-state index in [0.29, 0.717) is 38.5 Å². The summed E-state index contributed by atoms with van der Waals surface area (Å²) in [5.74, 6) is -2.64. The number of allylic oxidation sites excluding steroid dienone is 1. The van der Waals surface area contributed by atoms with Gasteiger partial charge in [0.1, 0.15) is 66.0 Å². The lowest BCUT2D eigenvalue weighted by Gasteiger charge is -2.59. The highest BCUT2D eigenvalue weighted by atomic mass is 16.8. The number of aliphatic hydroxyl groups is 8. The van der Waals surface area contributed by atoms with Gasteiger partial charge in [-0.3, -0.25) is 9.59 Å². The van der Waals surface area contributed by atoms with Gasteiger partial charge in [-0.15, -0.1) is 0 Å². The Morgan fingerprint density at radius 3 is 2.12 bits per heavy atom. The highest BCUT2D eigenvalue weighted by Crippen LogP contribution is 2.69. The van der Waals surface area contributed by atoms with Gasteiger partial charge >= 0.3 is 11.9 Å². The molecule has 0 bridgehead atoms. The van der Waals surface area contributed by atoms with E-state index in [4.69, 9.17) is 37.9 Å². The van der Waals surface area contributed by atoms with Crippen LogP contribution < -0.4 is 0 Å². The number of hydrogen-bond donors (Lipinski definition) is 9. The maximum absolute atomic E-state index is 14.3. The minimum Gasteiger partial charge on any atom is -0.508 e. The van der Waals surface area contributed by atoms with Gasteiger partial charge in [0.2, 0.25) is 0 Å². The highest BCUT2D eigenvalue weighted by molar-refractivity contribution is 5.89. The summed E-state index contributed by atoms with van der Waals surface area (Å²) in [7, 11) is 0. The molecule has 404 valence electrons. The summed E-state index contributed by atoms with van der Waals surface area (Å²) >= 11 is 0. The number of carbonyl (C=O) groups excluding carboxylic acids is 3. The van der Waals surface area contributed by atoms with Crippen LogP contribution in [-0.2, 0) is 47.5 Å². The van der Waals surface area contributed by atoms with E-state index in [0.717, 1.165) is 19.8 Å². The van der Waals surface area contributed by atoms with Gasteiger partial charge < -0.3 is 83.9 Å². The molecule has 0 unspecified atom stereocenters. The fourth-order valence-electron chi connectivity index (χ4n) is 13.4. The standard InChI is InChI=1S/C52H76O20/c1-24(2)7-14-34(56)25(3)52(64)38(20-33-31-13-10-28-19-30(15-17-50(28,5)32(31)16-18-51(33,52)6)68-47-42(62)41(61)40(60)37(21-53)69-47)70-49-45(67-26(4)54)43(36(58)23-66-49)72-48-44(39(59)35(57)22-65-48)71-46(63)27-8-11-29(55)12-9-27/h8-12,24-25,30-33,35-45,47-49,53,55,57-62,64H,7,13-23H2,1-6H3/t25-,30+,31-,32+,33+,35+,36+,37-,38+,39-,40-,41+,42-,43+,44+,45-,47-,48-,49-,50+,51+,52-/m1/s1. The van der Waals surface area contributed by atoms with E-state index in [1.165, 1.54) is 29.8 Å². The largest absolute Gasteiger partial charge is 0.508 e. The Morgan fingerprint density at radius 2 is 1.46 bits per heavy atom. The highest BCUT2D eigenvalue weighted by Gasteiger charge is 2.71. The summed E-state index contributed by atoms with van der Waals surface area (Å²) in [5, 5.41) is 97.7. The van der Waals surface area contributed by atoms with E-state index < -0.39 is 135 Å². The molecule has 1 aromatic carbocycles. The predicted molar refractivity (Wildman–Crippen MR) is 249 cm³/mol. The lowest BCUT2D eigenvalue weighted by Crippen LogP contribution is -2.64. The fourth-order valence-corrected chi connectivity index (χ4v) is 13.4. The predicted octanol–water partition coefficient (Wildman–Crippen LogP) is 1.55. The van der Waals surface area contributed by atoms with Crippen molar-refractivity contribution in [1.82, 2.24) is 0 Å². The average molecular weight is 1020 g/mol. The Kier molecular flexibility index (Phi) is 16.7. The molecule has 3 saturated carbocycles. The molecule has 0 aromatic heterocycles. The molecule has 3 heterocycles. The van der Waals surface area contributed by atoms with Crippen molar-refractivity contribution in [1.29, 1.82) is 0 Å². The maximum Gasteiger partial charge on any atom is 0.338 e. The number of hydrogen-bond acceptors (Lipinski definition) is 20. The number of benzene rings is 1. The molecule has 0 amide bonds. The summed E-state index contributed by atoms with van der Waals surface area (Å²) in [5.41, 5.74) is -1.71. The molecule has 72 heavy (non-hydrogen) atoms. The van der Waals surface area contributed by atoms with Crippen LogP contribution >= 0.6 is 0 Å². The van der Waals surface area contributed by atoms with E-state index in [9.17, 15) is 60.3 Å². The smallest absolute Gasteiger partial charge is 0.338 e. The van der Waals surface area contributed by atoms with Crippen LogP contribution in [0, 0.1) is 40.4 Å². The van der Waals surface area contributed by atoms with Gasteiger partial charge in [-0.1, -0.05) is 46.3 Å². The van der Waals surface area contributed by atoms with E-state index in [1.54, 1.807) is 6.92 Å². The lowest BCUT2D eigenvalue weighted by atomic mass is 9.46. The van der Waals surface area contributed by atoms with E-state index >= 15 is 0 Å². The first-order chi connectivity index (χ1) is 34.0. The second kappa shape index (κ2) is 21.8. The molecule has 7 aliphatic rings. The third-order valence-corrected chi connectivity index (χ3v) is 17.7. The molecule has 1 aromatic rings. The minimum absolute atomic E-state index is 0.00335. The van der Waals surface area contributed by atoms with Crippen LogP contribution in [0.3, 0.4) is 0 Å². The number of ketones is 1. The van der Waals surface area contributed by atoms with Crippen molar-refractivity contribution in [3.8, 4) is 5.75 Å². The Hall–Kier alpha value is -3.19. The number of phenols is 1. The van der Waals surface area contributed by atoms with Crippen LogP contribution in [0.1, 0.15) is 110 Å². The summed E-state index contributed by atoms with van der Waals surface area (Å²) in [6, 6.07) is 5.12. The zero-order valence-electron chi connectivity index (χ0n) is 41.9. The van der Waals surface area contributed by atoms with Gasteiger partial charge in [0, 0.05) is 24.7 Å². The third kappa shape index (κ3) is 10.3. The summed E-state index contributed by atoms with van der Waals surface area (Å²) < 4.78 is 48.4. The molecule has 4 aliphatic carbocycles. The first-order valence-electron chi connectivity index (χ1n) is 25.7. The van der Waals surface area contributed by atoms with Crippen molar-refractivity contribution in [2.24, 2.45) is 40.4 Å². The van der Waals surface area contributed by atoms with Crippen LogP contribution in [-0.4, -0.2) is 181 Å². The van der Waals surface area contributed by atoms with Crippen molar-refractivity contribution < 1.29 is 98.2 Å². The number of rotatable bonds is 15. The molecular weight excluding hydrogens is 945 g/mol. The van der Waals surface area contributed by atoms with Gasteiger partial charge in [0.25, 0.3) is 0 Å². The molecule has 0 spiro atoms. The first kappa shape index (κ1) is 55.1. The zero-order chi connectivity index (χ0) is 52.2. The molecule has 8 rings (SSSR count). The number of esters is 2. The molecule has 6 fully saturated rings. The van der Waals surface area contributed by atoms with Crippen LogP contribution in [0.4, 0.5) is 0 Å². The molecule has 20 nitrogen and oxygen atoms in total. The monoisotopic (exact) mass is 1020 g/mol. The molecule has 22 atom stereocenters. The third-order valence-electron chi connectivity index (χ3n) is 17.7. The zero-order valence-corrected chi connectivity index (χ0v) is 41.9. The Balaban J connectivity index is 1.05. The second-order valence-corrected chi connectivity index (χ2v) is 22.3. The number of ether oxygens (including phenoxy) is 8. The van der Waals surface area contributed by atoms with Gasteiger partial charge in [-0.2, -0.15) is 0 Å². The number of Topliss-reactive ketones (excluding diaryl/α,β-unsaturated/α-hetero) is 1. The van der Waals surface area contributed by atoms with Crippen LogP contribution in [0.15, 0.2) is 35.9 Å². The average Bonchev–Trinajstić information content (AvgIpc) is 3.57. The van der Waals surface area contributed by atoms with Crippen molar-refractivity contribution in [2.75, 3.05) is 19.8 Å². The fraction of sp³-hybridized carbons (Fsp3) is 0.788. The summed E-state index contributed by atoms with van der Waals surface area (Å²) in [6.45, 7) is 9.80. The molecule has 3 saturated heterocycles. The van der Waals surface area contributed by atoms with E-state index in [1.807, 2.05) is 20.8 Å². The second-order valence-electron chi connectivity index (χ2n) is 22.3. The number of fused-ring (bicyclic) bond motifs is 5. The normalized spacial score (nSPS) is 44.5. The topological polar surface area (TPSA) is 307 Å². The SMILES string of the molecule is CC(=O)O[C@H]1[C@@H](O[C@H]2C[C@H]3[C@@H]4CC=C5C[C@@H](O[C@@H]6O[C@H](CO)[C@@H](O)[C@H](O)[C@H]6O)CC[C@]5(C)[C@H]4CC[C@]3(C)[C@@]2(O)[C@H](C)C(=O)CCC(C)C)OC[C@H](O)[C@@H]1O[C@H]1OC[C@H](O)[C@@H](O)[C@@H]1OC(=O)c1ccc(O)cc1. The van der Waals surface area contributed by atoms with Crippen molar-refractivity contribution in [3.05, 3.63) is 41.5 Å². The number of aromatic hydroxyl groups is 1. The summed E-state index contributed by atoms with van der Waals surface area (Å²) in [4.78, 5) is 40.5. The minimum atomic E-state index is -1.77. The Labute approximate surface area is 419 Å². The van der Waals surface area contributed by atoms with E-state index in [-0.39, 0.29) is 58.7 Å². The molecule has 9 N–H and O–H groups in total. The molecular formula is C52H76O20. The van der Waals surface area contributed by atoms with Crippen molar-refractivity contribution in [2.45, 2.75) is 197 Å².